The highest BCUT2D eigenvalue weighted by Crippen LogP contribution is 2.37. The molecular formula is C24H33BN2O3. The minimum Gasteiger partial charge on any atom is -0.399 e. The Morgan fingerprint density at radius 3 is 2.20 bits per heavy atom. The Hall–Kier alpha value is -1.76. The summed E-state index contributed by atoms with van der Waals surface area (Å²) in [4.78, 5) is 9.25. The number of aliphatic hydroxyl groups is 1. The van der Waals surface area contributed by atoms with Gasteiger partial charge in [-0.05, 0) is 83.7 Å². The van der Waals surface area contributed by atoms with E-state index in [9.17, 15) is 5.11 Å². The van der Waals surface area contributed by atoms with Crippen LogP contribution in [0.4, 0.5) is 0 Å². The van der Waals surface area contributed by atoms with Crippen LogP contribution in [0.25, 0.3) is 11.4 Å². The first-order valence-corrected chi connectivity index (χ1v) is 11.0. The Bertz CT molecular complexity index is 870. The first kappa shape index (κ1) is 21.5. The third kappa shape index (κ3) is 4.46. The molecule has 1 aromatic carbocycles. The molecule has 0 unspecified atom stereocenters. The van der Waals surface area contributed by atoms with Crippen molar-refractivity contribution in [1.82, 2.24) is 9.97 Å². The van der Waals surface area contributed by atoms with Crippen LogP contribution in [0.1, 0.15) is 65.9 Å². The van der Waals surface area contributed by atoms with E-state index in [-0.39, 0.29) is 11.2 Å². The van der Waals surface area contributed by atoms with E-state index in [1.165, 1.54) is 0 Å². The van der Waals surface area contributed by atoms with E-state index in [1.54, 1.807) is 0 Å². The summed E-state index contributed by atoms with van der Waals surface area (Å²) >= 11 is 0. The molecule has 160 valence electrons. The third-order valence-corrected chi connectivity index (χ3v) is 7.08. The summed E-state index contributed by atoms with van der Waals surface area (Å²) in [6.45, 7) is 10.2. The van der Waals surface area contributed by atoms with Crippen LogP contribution in [0, 0.1) is 5.92 Å². The van der Waals surface area contributed by atoms with Crippen molar-refractivity contribution in [2.24, 2.45) is 5.92 Å². The van der Waals surface area contributed by atoms with Gasteiger partial charge in [0, 0.05) is 18.0 Å². The Balaban J connectivity index is 1.44. The summed E-state index contributed by atoms with van der Waals surface area (Å²) in [5.41, 5.74) is 1.89. The fourth-order valence-corrected chi connectivity index (χ4v) is 4.25. The Labute approximate surface area is 180 Å². The lowest BCUT2D eigenvalue weighted by Crippen LogP contribution is -2.41. The third-order valence-electron chi connectivity index (χ3n) is 7.08. The SMILES string of the molecule is CC1(O)CCC(Cc2cnc(-c3cccc(B4OC(C)(C)C(C)(C)O4)c3)nc2)CC1. The molecule has 0 amide bonds. The number of hydrogen-bond acceptors (Lipinski definition) is 5. The number of nitrogens with zero attached hydrogens (tertiary/aromatic N) is 2. The molecular weight excluding hydrogens is 375 g/mol. The highest BCUT2D eigenvalue weighted by Gasteiger charge is 2.51. The maximum Gasteiger partial charge on any atom is 0.494 e. The molecule has 0 radical (unpaired) electrons. The van der Waals surface area contributed by atoms with Gasteiger partial charge >= 0.3 is 7.12 Å². The zero-order valence-electron chi connectivity index (χ0n) is 18.8. The van der Waals surface area contributed by atoms with E-state index in [1.807, 2.05) is 37.5 Å². The zero-order valence-corrected chi connectivity index (χ0v) is 18.8. The van der Waals surface area contributed by atoms with Crippen LogP contribution >= 0.6 is 0 Å². The van der Waals surface area contributed by atoms with Crippen molar-refractivity contribution in [1.29, 1.82) is 0 Å². The topological polar surface area (TPSA) is 64.5 Å². The number of aromatic nitrogens is 2. The second-order valence-corrected chi connectivity index (χ2v) is 10.3. The van der Waals surface area contributed by atoms with E-state index in [0.29, 0.717) is 11.7 Å². The molecule has 4 rings (SSSR count). The molecule has 1 aliphatic carbocycles. The van der Waals surface area contributed by atoms with Gasteiger partial charge in [-0.1, -0.05) is 24.3 Å². The van der Waals surface area contributed by atoms with Crippen molar-refractivity contribution >= 4 is 12.6 Å². The molecule has 0 atom stereocenters. The van der Waals surface area contributed by atoms with Gasteiger partial charge in [0.05, 0.1) is 16.8 Å². The van der Waals surface area contributed by atoms with Gasteiger partial charge < -0.3 is 14.4 Å². The lowest BCUT2D eigenvalue weighted by Gasteiger charge is -2.33. The van der Waals surface area contributed by atoms with E-state index < -0.39 is 12.7 Å². The minimum atomic E-state index is -0.487. The van der Waals surface area contributed by atoms with Crippen LogP contribution in [-0.4, -0.2) is 39.0 Å². The fraction of sp³-hybridized carbons (Fsp3) is 0.583. The molecule has 1 N–H and O–H groups in total. The molecule has 1 saturated carbocycles. The second-order valence-electron chi connectivity index (χ2n) is 10.3. The van der Waals surface area contributed by atoms with Gasteiger partial charge in [0.15, 0.2) is 5.82 Å². The highest BCUT2D eigenvalue weighted by molar-refractivity contribution is 6.62. The van der Waals surface area contributed by atoms with Gasteiger partial charge in [-0.25, -0.2) is 9.97 Å². The van der Waals surface area contributed by atoms with Crippen LogP contribution in [0.3, 0.4) is 0 Å². The standard InChI is InChI=1S/C24H33BN2O3/c1-22(2)23(3,4)30-25(29-22)20-8-6-7-19(14-20)21-26-15-18(16-27-21)13-17-9-11-24(5,28)12-10-17/h6-8,14-17,28H,9-13H2,1-5H3. The van der Waals surface area contributed by atoms with Crippen LogP contribution in [0.2, 0.25) is 0 Å². The molecule has 1 aromatic heterocycles. The molecule has 0 bridgehead atoms. The zero-order chi connectivity index (χ0) is 21.6. The molecule has 2 fully saturated rings. The van der Waals surface area contributed by atoms with Gasteiger partial charge in [0.2, 0.25) is 0 Å². The van der Waals surface area contributed by atoms with Crippen LogP contribution in [0.15, 0.2) is 36.7 Å². The molecule has 1 aliphatic heterocycles. The van der Waals surface area contributed by atoms with Crippen LogP contribution < -0.4 is 5.46 Å². The maximum atomic E-state index is 10.1. The Morgan fingerprint density at radius 2 is 1.60 bits per heavy atom. The number of rotatable bonds is 4. The molecule has 1 saturated heterocycles. The molecule has 6 heteroatoms. The second kappa shape index (κ2) is 7.74. The first-order chi connectivity index (χ1) is 14.0. The van der Waals surface area contributed by atoms with Crippen molar-refractivity contribution < 1.29 is 14.4 Å². The molecule has 5 nitrogen and oxygen atoms in total. The molecule has 2 aromatic rings. The predicted octanol–water partition coefficient (Wildman–Crippen LogP) is 3.93. The van der Waals surface area contributed by atoms with E-state index in [2.05, 4.69) is 43.7 Å². The van der Waals surface area contributed by atoms with Gasteiger partial charge in [-0.2, -0.15) is 0 Å². The maximum absolute atomic E-state index is 10.1. The minimum absolute atomic E-state index is 0.363. The van der Waals surface area contributed by atoms with E-state index >= 15 is 0 Å². The lowest BCUT2D eigenvalue weighted by atomic mass is 9.78. The Kier molecular flexibility index (Phi) is 5.54. The summed E-state index contributed by atoms with van der Waals surface area (Å²) in [6.07, 6.45) is 8.73. The fourth-order valence-electron chi connectivity index (χ4n) is 4.25. The lowest BCUT2D eigenvalue weighted by molar-refractivity contribution is 0.00578. The summed E-state index contributed by atoms with van der Waals surface area (Å²) in [5.74, 6) is 1.31. The molecule has 2 aliphatic rings. The van der Waals surface area contributed by atoms with E-state index in [4.69, 9.17) is 9.31 Å². The van der Waals surface area contributed by atoms with Crippen molar-refractivity contribution in [3.05, 3.63) is 42.2 Å². The largest absolute Gasteiger partial charge is 0.494 e. The Morgan fingerprint density at radius 1 is 1.00 bits per heavy atom. The van der Waals surface area contributed by atoms with Gasteiger partial charge in [0.1, 0.15) is 0 Å². The van der Waals surface area contributed by atoms with Crippen molar-refractivity contribution in [3.8, 4) is 11.4 Å². The molecule has 30 heavy (non-hydrogen) atoms. The van der Waals surface area contributed by atoms with Crippen molar-refractivity contribution in [2.45, 2.75) is 83.5 Å². The van der Waals surface area contributed by atoms with E-state index in [0.717, 1.165) is 48.7 Å². The predicted molar refractivity (Wildman–Crippen MR) is 119 cm³/mol. The van der Waals surface area contributed by atoms with Gasteiger partial charge in [-0.15, -0.1) is 0 Å². The smallest absolute Gasteiger partial charge is 0.399 e. The number of benzene rings is 1. The quantitative estimate of drug-likeness (QED) is 0.777. The monoisotopic (exact) mass is 408 g/mol. The average Bonchev–Trinajstić information content (AvgIpc) is 2.92. The molecule has 2 heterocycles. The van der Waals surface area contributed by atoms with Gasteiger partial charge in [0.25, 0.3) is 0 Å². The van der Waals surface area contributed by atoms with Crippen molar-refractivity contribution in [3.63, 3.8) is 0 Å². The summed E-state index contributed by atoms with van der Waals surface area (Å²) in [6, 6.07) is 8.10. The summed E-state index contributed by atoms with van der Waals surface area (Å²) in [5, 5.41) is 10.1. The number of hydrogen-bond donors (Lipinski definition) is 1. The summed E-state index contributed by atoms with van der Waals surface area (Å²) in [7, 11) is -0.391. The summed E-state index contributed by atoms with van der Waals surface area (Å²) < 4.78 is 12.4. The average molecular weight is 408 g/mol. The normalized spacial score (nSPS) is 27.9. The molecule has 0 spiro atoms. The van der Waals surface area contributed by atoms with Crippen LogP contribution in [-0.2, 0) is 15.7 Å². The van der Waals surface area contributed by atoms with Crippen LogP contribution in [0.5, 0.6) is 0 Å². The van der Waals surface area contributed by atoms with Gasteiger partial charge in [-0.3, -0.25) is 0 Å². The first-order valence-electron chi connectivity index (χ1n) is 11.0. The van der Waals surface area contributed by atoms with Crippen molar-refractivity contribution in [2.75, 3.05) is 0 Å². The highest BCUT2D eigenvalue weighted by atomic mass is 16.7.